The van der Waals surface area contributed by atoms with Crippen molar-refractivity contribution in [1.82, 2.24) is 15.1 Å². The van der Waals surface area contributed by atoms with Gasteiger partial charge in [-0.1, -0.05) is 26.0 Å². The molecule has 0 aliphatic carbocycles. The van der Waals surface area contributed by atoms with Gasteiger partial charge in [-0.25, -0.2) is 13.5 Å². The van der Waals surface area contributed by atoms with Crippen LogP contribution in [0, 0.1) is 11.6 Å². The number of carbonyl (C=O) groups excluding carboxylic acids is 1. The second-order valence-electron chi connectivity index (χ2n) is 9.24. The number of carboxylic acid groups (broad SMARTS) is 1. The third kappa shape index (κ3) is 8.71. The van der Waals surface area contributed by atoms with Crippen molar-refractivity contribution in [2.75, 3.05) is 0 Å². The first kappa shape index (κ1) is 31.6. The molecule has 200 valence electrons. The SMILES string of the molecule is CC(C)c1c(C(=O)NCc2ccc(F)cc2)nn(-c2ccc(F)cc2)c1CC[C@@H](O)C[C@@H](O)CC(=O)O.[NaH]. The van der Waals surface area contributed by atoms with E-state index in [9.17, 15) is 28.6 Å². The number of hydrogen-bond donors (Lipinski definition) is 4. The Morgan fingerprint density at radius 3 is 2.11 bits per heavy atom. The van der Waals surface area contributed by atoms with E-state index in [2.05, 4.69) is 10.4 Å². The first-order chi connectivity index (χ1) is 17.5. The number of aliphatic hydroxyl groups is 2. The van der Waals surface area contributed by atoms with Crippen molar-refractivity contribution in [3.8, 4) is 5.69 Å². The standard InChI is InChI=1S/C27H31F2N3O5.Na.H/c1-16(2)25-23(12-11-21(33)13-22(34)14-24(35)36)32(20-9-7-19(29)8-10-20)31-26(25)27(37)30-15-17-3-5-18(28)6-4-17;;/h3-10,16,21-22,33-34H,11-15H2,1-2H3,(H,30,37)(H,35,36);;/t21-,22-;;/m1../s1. The van der Waals surface area contributed by atoms with Gasteiger partial charge in [0.1, 0.15) is 11.6 Å². The van der Waals surface area contributed by atoms with E-state index >= 15 is 0 Å². The fourth-order valence-corrected chi connectivity index (χ4v) is 4.16. The Morgan fingerprint density at radius 2 is 1.55 bits per heavy atom. The van der Waals surface area contributed by atoms with E-state index in [4.69, 9.17) is 5.11 Å². The molecule has 0 radical (unpaired) electrons. The Bertz CT molecular complexity index is 1220. The molecule has 8 nitrogen and oxygen atoms in total. The zero-order valence-corrected chi connectivity index (χ0v) is 20.7. The van der Waals surface area contributed by atoms with Crippen LogP contribution in [0.2, 0.25) is 0 Å². The summed E-state index contributed by atoms with van der Waals surface area (Å²) < 4.78 is 28.3. The Kier molecular flexibility index (Phi) is 12.1. The second-order valence-corrected chi connectivity index (χ2v) is 9.24. The van der Waals surface area contributed by atoms with Crippen LogP contribution >= 0.6 is 0 Å². The second kappa shape index (κ2) is 14.5. The Morgan fingerprint density at radius 1 is 0.974 bits per heavy atom. The molecule has 2 atom stereocenters. The number of hydrogen-bond acceptors (Lipinski definition) is 5. The summed E-state index contributed by atoms with van der Waals surface area (Å²) in [6.07, 6.45) is -2.31. The van der Waals surface area contributed by atoms with Crippen LogP contribution in [-0.2, 0) is 17.8 Å². The Labute approximate surface area is 242 Å². The number of benzene rings is 2. The number of halogens is 2. The molecule has 0 spiro atoms. The van der Waals surface area contributed by atoms with E-state index in [-0.39, 0.29) is 72.8 Å². The molecule has 0 saturated carbocycles. The van der Waals surface area contributed by atoms with Crippen molar-refractivity contribution in [3.05, 3.63) is 82.7 Å². The van der Waals surface area contributed by atoms with Crippen LogP contribution < -0.4 is 5.32 Å². The van der Waals surface area contributed by atoms with Gasteiger partial charge >= 0.3 is 35.5 Å². The quantitative estimate of drug-likeness (QED) is 0.262. The van der Waals surface area contributed by atoms with Crippen molar-refractivity contribution >= 4 is 41.4 Å². The number of carboxylic acids is 1. The maximum atomic E-state index is 13.6. The van der Waals surface area contributed by atoms with Crippen molar-refractivity contribution in [3.63, 3.8) is 0 Å². The van der Waals surface area contributed by atoms with Crippen molar-refractivity contribution in [2.45, 2.75) is 64.2 Å². The van der Waals surface area contributed by atoms with Crippen molar-refractivity contribution < 1.29 is 33.7 Å². The molecule has 1 amide bonds. The van der Waals surface area contributed by atoms with Gasteiger partial charge in [-0.15, -0.1) is 0 Å². The molecule has 0 aliphatic heterocycles. The summed E-state index contributed by atoms with van der Waals surface area (Å²) in [5.41, 5.74) is 2.70. The van der Waals surface area contributed by atoms with E-state index in [1.54, 1.807) is 16.8 Å². The molecule has 2 aromatic carbocycles. The summed E-state index contributed by atoms with van der Waals surface area (Å²) in [5.74, 6) is -2.54. The number of amides is 1. The molecular formula is C27H32F2N3NaO5. The van der Waals surface area contributed by atoms with E-state index in [0.29, 0.717) is 22.5 Å². The molecule has 1 heterocycles. The first-order valence-electron chi connectivity index (χ1n) is 12.0. The molecule has 11 heteroatoms. The van der Waals surface area contributed by atoms with E-state index in [1.807, 2.05) is 13.8 Å². The molecule has 3 aromatic rings. The van der Waals surface area contributed by atoms with E-state index in [1.165, 1.54) is 36.4 Å². The molecule has 0 bridgehead atoms. The van der Waals surface area contributed by atoms with Crippen LogP contribution in [-0.4, -0.2) is 78.7 Å². The summed E-state index contributed by atoms with van der Waals surface area (Å²) >= 11 is 0. The van der Waals surface area contributed by atoms with Crippen molar-refractivity contribution in [1.29, 1.82) is 0 Å². The average Bonchev–Trinajstić information content (AvgIpc) is 3.22. The Balaban J connectivity index is 0.00000507. The summed E-state index contributed by atoms with van der Waals surface area (Å²) in [7, 11) is 0. The van der Waals surface area contributed by atoms with Gasteiger partial charge in [0.05, 0.1) is 24.3 Å². The fourth-order valence-electron chi connectivity index (χ4n) is 4.16. The molecule has 0 aliphatic rings. The zero-order chi connectivity index (χ0) is 27.1. The molecular weight excluding hydrogens is 507 g/mol. The monoisotopic (exact) mass is 539 g/mol. The van der Waals surface area contributed by atoms with Gasteiger partial charge in [0, 0.05) is 17.8 Å². The van der Waals surface area contributed by atoms with Gasteiger partial charge in [0.15, 0.2) is 5.69 Å². The topological polar surface area (TPSA) is 125 Å². The minimum atomic E-state index is -1.19. The molecule has 0 fully saturated rings. The summed E-state index contributed by atoms with van der Waals surface area (Å²) in [6.45, 7) is 3.97. The molecule has 38 heavy (non-hydrogen) atoms. The summed E-state index contributed by atoms with van der Waals surface area (Å²) in [4.78, 5) is 24.0. The number of rotatable bonds is 12. The third-order valence-corrected chi connectivity index (χ3v) is 5.92. The molecule has 0 unspecified atom stereocenters. The number of aliphatic hydroxyl groups excluding tert-OH is 2. The number of carbonyl (C=O) groups is 2. The minimum absolute atomic E-state index is 0. The maximum absolute atomic E-state index is 13.6. The average molecular weight is 540 g/mol. The number of aromatic nitrogens is 2. The molecule has 4 N–H and O–H groups in total. The zero-order valence-electron chi connectivity index (χ0n) is 20.7. The molecule has 0 saturated heterocycles. The van der Waals surface area contributed by atoms with Crippen LogP contribution in [0.5, 0.6) is 0 Å². The molecule has 1 aromatic heterocycles. The van der Waals surface area contributed by atoms with E-state index in [0.717, 1.165) is 0 Å². The summed E-state index contributed by atoms with van der Waals surface area (Å²) in [6, 6.07) is 11.4. The first-order valence-corrected chi connectivity index (χ1v) is 12.0. The number of nitrogens with zero attached hydrogens (tertiary/aromatic N) is 2. The van der Waals surface area contributed by atoms with Crippen LogP contribution in [0.3, 0.4) is 0 Å². The predicted octanol–water partition coefficient (Wildman–Crippen LogP) is 3.07. The van der Waals surface area contributed by atoms with Crippen LogP contribution in [0.4, 0.5) is 8.78 Å². The van der Waals surface area contributed by atoms with Gasteiger partial charge in [-0.2, -0.15) is 5.10 Å². The van der Waals surface area contributed by atoms with Gasteiger partial charge in [-0.05, 0) is 67.1 Å². The van der Waals surface area contributed by atoms with Crippen LogP contribution in [0.25, 0.3) is 5.69 Å². The van der Waals surface area contributed by atoms with Gasteiger partial charge in [0.25, 0.3) is 5.91 Å². The number of nitrogens with one attached hydrogen (secondary N) is 1. The van der Waals surface area contributed by atoms with Gasteiger partial charge < -0.3 is 20.6 Å². The van der Waals surface area contributed by atoms with Crippen LogP contribution in [0.1, 0.15) is 66.3 Å². The third-order valence-electron chi connectivity index (χ3n) is 5.92. The molecule has 3 rings (SSSR count). The fraction of sp³-hybridized carbons (Fsp3) is 0.370. The number of aliphatic carboxylic acids is 1. The van der Waals surface area contributed by atoms with E-state index < -0.39 is 36.3 Å². The van der Waals surface area contributed by atoms with Gasteiger partial charge in [-0.3, -0.25) is 9.59 Å². The Hall–Kier alpha value is -2.63. The summed E-state index contributed by atoms with van der Waals surface area (Å²) in [5, 5.41) is 36.5. The van der Waals surface area contributed by atoms with Gasteiger partial charge in [0.2, 0.25) is 0 Å². The van der Waals surface area contributed by atoms with Crippen molar-refractivity contribution in [2.24, 2.45) is 0 Å². The normalized spacial score (nSPS) is 12.6. The predicted molar refractivity (Wildman–Crippen MR) is 140 cm³/mol. The van der Waals surface area contributed by atoms with Crippen LogP contribution in [0.15, 0.2) is 48.5 Å².